The van der Waals surface area contributed by atoms with Crippen molar-refractivity contribution in [2.45, 2.75) is 25.8 Å². The van der Waals surface area contributed by atoms with Crippen LogP contribution in [0.5, 0.6) is 0 Å². The lowest BCUT2D eigenvalue weighted by atomic mass is 10.1. The summed E-state index contributed by atoms with van der Waals surface area (Å²) >= 11 is 0. The zero-order valence-corrected chi connectivity index (χ0v) is 10.1. The second kappa shape index (κ2) is 5.67. The summed E-state index contributed by atoms with van der Waals surface area (Å²) in [5.74, 6) is -0.266. The Bertz CT molecular complexity index is 476. The molecular formula is C14H15F2NO. The van der Waals surface area contributed by atoms with Crippen LogP contribution >= 0.6 is 0 Å². The molecule has 0 bridgehead atoms. The van der Waals surface area contributed by atoms with Gasteiger partial charge in [-0.15, -0.1) is 0 Å². The topological polar surface area (TPSA) is 25.2 Å². The number of furan rings is 1. The Kier molecular flexibility index (Phi) is 3.97. The number of hydrogen-bond donors (Lipinski definition) is 1. The summed E-state index contributed by atoms with van der Waals surface area (Å²) in [5, 5.41) is 2.85. The van der Waals surface area contributed by atoms with E-state index in [1.165, 1.54) is 18.2 Å². The number of hydrogen-bond acceptors (Lipinski definition) is 2. The van der Waals surface area contributed by atoms with Gasteiger partial charge >= 0.3 is 0 Å². The van der Waals surface area contributed by atoms with Crippen LogP contribution in [0.2, 0.25) is 0 Å². The van der Waals surface area contributed by atoms with Crippen LogP contribution in [0.4, 0.5) is 14.5 Å². The molecule has 2 rings (SSSR count). The van der Waals surface area contributed by atoms with Crippen LogP contribution in [0, 0.1) is 11.6 Å². The Balaban J connectivity index is 1.92. The van der Waals surface area contributed by atoms with Gasteiger partial charge in [-0.1, -0.05) is 6.07 Å². The summed E-state index contributed by atoms with van der Waals surface area (Å²) in [4.78, 5) is 0. The molecule has 0 spiro atoms. The predicted molar refractivity (Wildman–Crippen MR) is 66.5 cm³/mol. The maximum atomic E-state index is 13.4. The van der Waals surface area contributed by atoms with Gasteiger partial charge in [-0.3, -0.25) is 0 Å². The van der Waals surface area contributed by atoms with E-state index in [0.29, 0.717) is 0 Å². The van der Waals surface area contributed by atoms with Gasteiger partial charge in [-0.2, -0.15) is 0 Å². The van der Waals surface area contributed by atoms with Gasteiger partial charge in [0.2, 0.25) is 0 Å². The van der Waals surface area contributed by atoms with Crippen LogP contribution in [-0.4, -0.2) is 6.04 Å². The summed E-state index contributed by atoms with van der Waals surface area (Å²) in [5.41, 5.74) is -0.0653. The number of nitrogens with one attached hydrogen (secondary N) is 1. The average Bonchev–Trinajstić information content (AvgIpc) is 2.84. The minimum absolute atomic E-state index is 0.0403. The van der Waals surface area contributed by atoms with E-state index in [0.717, 1.165) is 18.6 Å². The molecule has 0 radical (unpaired) electrons. The molecular weight excluding hydrogens is 236 g/mol. The number of rotatable bonds is 5. The van der Waals surface area contributed by atoms with E-state index >= 15 is 0 Å². The molecule has 96 valence electrons. The third-order valence-electron chi connectivity index (χ3n) is 2.76. The van der Waals surface area contributed by atoms with E-state index in [-0.39, 0.29) is 11.7 Å². The van der Waals surface area contributed by atoms with Gasteiger partial charge < -0.3 is 9.73 Å². The molecule has 0 fully saturated rings. The highest BCUT2D eigenvalue weighted by Gasteiger charge is 2.11. The summed E-state index contributed by atoms with van der Waals surface area (Å²) in [6, 6.07) is 7.50. The quantitative estimate of drug-likeness (QED) is 0.869. The maximum absolute atomic E-state index is 13.4. The minimum Gasteiger partial charge on any atom is -0.469 e. The lowest BCUT2D eigenvalue weighted by Crippen LogP contribution is -2.17. The summed E-state index contributed by atoms with van der Waals surface area (Å²) in [7, 11) is 0. The third kappa shape index (κ3) is 3.09. The van der Waals surface area contributed by atoms with E-state index < -0.39 is 11.6 Å². The highest BCUT2D eigenvalue weighted by Crippen LogP contribution is 2.20. The normalized spacial score (nSPS) is 12.4. The van der Waals surface area contributed by atoms with Gasteiger partial charge in [0, 0.05) is 12.5 Å². The van der Waals surface area contributed by atoms with Gasteiger partial charge in [-0.05, 0) is 37.6 Å². The monoisotopic (exact) mass is 251 g/mol. The highest BCUT2D eigenvalue weighted by atomic mass is 19.1. The molecule has 0 amide bonds. The van der Waals surface area contributed by atoms with Gasteiger partial charge in [0.15, 0.2) is 0 Å². The first kappa shape index (κ1) is 12.6. The molecule has 0 aliphatic rings. The molecule has 1 N–H and O–H groups in total. The van der Waals surface area contributed by atoms with Crippen LogP contribution in [-0.2, 0) is 6.42 Å². The van der Waals surface area contributed by atoms with Crippen LogP contribution in [0.25, 0.3) is 0 Å². The van der Waals surface area contributed by atoms with Gasteiger partial charge in [0.1, 0.15) is 23.1 Å². The zero-order chi connectivity index (χ0) is 13.0. The van der Waals surface area contributed by atoms with Gasteiger partial charge in [-0.25, -0.2) is 8.78 Å². The van der Waals surface area contributed by atoms with Crippen molar-refractivity contribution >= 4 is 5.69 Å². The van der Waals surface area contributed by atoms with E-state index in [4.69, 9.17) is 4.42 Å². The second-order valence-corrected chi connectivity index (χ2v) is 4.26. The van der Waals surface area contributed by atoms with E-state index in [9.17, 15) is 8.78 Å². The molecule has 2 aromatic rings. The molecule has 1 atom stereocenters. The Morgan fingerprint density at radius 3 is 2.50 bits per heavy atom. The molecule has 1 aromatic heterocycles. The molecule has 0 aliphatic heterocycles. The third-order valence-corrected chi connectivity index (χ3v) is 2.76. The molecule has 18 heavy (non-hydrogen) atoms. The van der Waals surface area contributed by atoms with Crippen molar-refractivity contribution in [3.05, 3.63) is 54.0 Å². The summed E-state index contributed by atoms with van der Waals surface area (Å²) < 4.78 is 32.0. The fourth-order valence-corrected chi connectivity index (χ4v) is 1.77. The SMILES string of the molecule is CC(CCc1ccco1)Nc1c(F)cccc1F. The first-order valence-corrected chi connectivity index (χ1v) is 5.89. The van der Waals surface area contributed by atoms with Crippen LogP contribution in [0.3, 0.4) is 0 Å². The lowest BCUT2D eigenvalue weighted by Gasteiger charge is -2.15. The number of aryl methyl sites for hydroxylation is 1. The largest absolute Gasteiger partial charge is 0.469 e. The summed E-state index contributed by atoms with van der Waals surface area (Å²) in [6.45, 7) is 1.88. The Labute approximate surface area is 105 Å². The van der Waals surface area contributed by atoms with Crippen molar-refractivity contribution in [1.29, 1.82) is 0 Å². The number of anilines is 1. The zero-order valence-electron chi connectivity index (χ0n) is 10.1. The van der Waals surface area contributed by atoms with Gasteiger partial charge in [0.05, 0.1) is 6.26 Å². The Morgan fingerprint density at radius 1 is 1.17 bits per heavy atom. The lowest BCUT2D eigenvalue weighted by molar-refractivity contribution is 0.494. The predicted octanol–water partition coefficient (Wildman–Crippen LogP) is 3.99. The molecule has 4 heteroatoms. The smallest absolute Gasteiger partial charge is 0.149 e. The number of para-hydroxylation sites is 1. The molecule has 1 heterocycles. The molecule has 0 saturated heterocycles. The fourth-order valence-electron chi connectivity index (χ4n) is 1.77. The van der Waals surface area contributed by atoms with E-state index in [1.54, 1.807) is 6.26 Å². The van der Waals surface area contributed by atoms with Crippen molar-refractivity contribution in [1.82, 2.24) is 0 Å². The first-order chi connectivity index (χ1) is 8.66. The van der Waals surface area contributed by atoms with Crippen LogP contribution in [0.15, 0.2) is 41.0 Å². The van der Waals surface area contributed by atoms with Crippen molar-refractivity contribution < 1.29 is 13.2 Å². The summed E-state index contributed by atoms with van der Waals surface area (Å²) in [6.07, 6.45) is 3.09. The van der Waals surface area contributed by atoms with E-state index in [2.05, 4.69) is 5.32 Å². The Morgan fingerprint density at radius 2 is 1.89 bits per heavy atom. The number of halogens is 2. The molecule has 0 saturated carbocycles. The van der Waals surface area contributed by atoms with Crippen LogP contribution in [0.1, 0.15) is 19.1 Å². The van der Waals surface area contributed by atoms with Crippen molar-refractivity contribution in [2.75, 3.05) is 5.32 Å². The maximum Gasteiger partial charge on any atom is 0.149 e. The van der Waals surface area contributed by atoms with Gasteiger partial charge in [0.25, 0.3) is 0 Å². The molecule has 1 aromatic carbocycles. The van der Waals surface area contributed by atoms with Crippen LogP contribution < -0.4 is 5.32 Å². The van der Waals surface area contributed by atoms with E-state index in [1.807, 2.05) is 19.1 Å². The van der Waals surface area contributed by atoms with Crippen molar-refractivity contribution in [3.63, 3.8) is 0 Å². The molecule has 1 unspecified atom stereocenters. The van der Waals surface area contributed by atoms with Crippen molar-refractivity contribution in [2.24, 2.45) is 0 Å². The highest BCUT2D eigenvalue weighted by molar-refractivity contribution is 5.46. The second-order valence-electron chi connectivity index (χ2n) is 4.26. The average molecular weight is 251 g/mol. The molecule has 2 nitrogen and oxygen atoms in total. The first-order valence-electron chi connectivity index (χ1n) is 5.89. The standard InChI is InChI=1S/C14H15F2NO/c1-10(7-8-11-4-3-9-18-11)17-14-12(15)5-2-6-13(14)16/h2-6,9-10,17H,7-8H2,1H3. The fraction of sp³-hybridized carbons (Fsp3) is 0.286. The van der Waals surface area contributed by atoms with Crippen molar-refractivity contribution in [3.8, 4) is 0 Å². The molecule has 0 aliphatic carbocycles. The number of benzene rings is 1. The minimum atomic E-state index is -0.570. The Hall–Kier alpha value is -1.84.